The van der Waals surface area contributed by atoms with Crippen molar-refractivity contribution in [1.29, 1.82) is 0 Å². The summed E-state index contributed by atoms with van der Waals surface area (Å²) in [6, 6.07) is 9.68. The number of carboxylic acid groups (broad SMARTS) is 1. The topological polar surface area (TPSA) is 140 Å². The van der Waals surface area contributed by atoms with E-state index in [-0.39, 0.29) is 12.4 Å². The number of nitrogen functional groups attached to an aromatic ring is 2. The zero-order valence-electron chi connectivity index (χ0n) is 12.4. The third-order valence-electron chi connectivity index (χ3n) is 3.09. The number of hydrogen-bond donors (Lipinski definition) is 4. The molecule has 118 valence electrons. The molecule has 0 radical (unpaired) electrons. The molecule has 6 N–H and O–H groups in total. The second-order valence-electron chi connectivity index (χ2n) is 4.48. The minimum atomic E-state index is -0.250. The summed E-state index contributed by atoms with van der Waals surface area (Å²) in [4.78, 5) is 20.8. The molecule has 8 nitrogen and oxygen atoms in total. The number of aromatic nitrogens is 3. The van der Waals surface area contributed by atoms with Gasteiger partial charge in [-0.3, -0.25) is 4.79 Å². The predicted molar refractivity (Wildman–Crippen MR) is 89.8 cm³/mol. The van der Waals surface area contributed by atoms with Crippen LogP contribution in [0.1, 0.15) is 0 Å². The van der Waals surface area contributed by atoms with E-state index in [0.29, 0.717) is 11.6 Å². The summed E-state index contributed by atoms with van der Waals surface area (Å²) in [5, 5.41) is 11.8. The van der Waals surface area contributed by atoms with Crippen LogP contribution >= 0.6 is 0 Å². The first-order valence-electron chi connectivity index (χ1n) is 6.63. The number of anilines is 3. The number of nitrogens with one attached hydrogen (secondary N) is 1. The minimum absolute atomic E-state index is 0.228. The summed E-state index contributed by atoms with van der Waals surface area (Å²) in [6.45, 7) is -0.250. The van der Waals surface area contributed by atoms with Crippen LogP contribution in [0, 0.1) is 0 Å². The van der Waals surface area contributed by atoms with E-state index in [1.807, 2.05) is 30.3 Å². The largest absolute Gasteiger partial charge is 0.483 e. The van der Waals surface area contributed by atoms with Crippen LogP contribution in [-0.2, 0) is 4.79 Å². The SMILES string of the molecule is CNc1cc(-c2ccc3ccnc(N)c3c2)nc(N)n1.O=CO. The third-order valence-corrected chi connectivity index (χ3v) is 3.09. The third kappa shape index (κ3) is 3.62. The molecule has 0 atom stereocenters. The van der Waals surface area contributed by atoms with Gasteiger partial charge in [-0.15, -0.1) is 0 Å². The number of benzene rings is 1. The molecule has 0 unspecified atom stereocenters. The van der Waals surface area contributed by atoms with E-state index in [4.69, 9.17) is 21.4 Å². The molecule has 8 heteroatoms. The van der Waals surface area contributed by atoms with Crippen LogP contribution in [0.25, 0.3) is 22.0 Å². The highest BCUT2D eigenvalue weighted by atomic mass is 16.3. The second-order valence-corrected chi connectivity index (χ2v) is 4.48. The van der Waals surface area contributed by atoms with Crippen LogP contribution in [0.15, 0.2) is 36.5 Å². The lowest BCUT2D eigenvalue weighted by molar-refractivity contribution is -0.122. The maximum absolute atomic E-state index is 8.36. The molecular weight excluding hydrogens is 296 g/mol. The van der Waals surface area contributed by atoms with Crippen LogP contribution in [0.4, 0.5) is 17.6 Å². The Morgan fingerprint density at radius 3 is 2.61 bits per heavy atom. The summed E-state index contributed by atoms with van der Waals surface area (Å²) >= 11 is 0. The minimum Gasteiger partial charge on any atom is -0.483 e. The van der Waals surface area contributed by atoms with Crippen molar-refractivity contribution in [2.24, 2.45) is 0 Å². The van der Waals surface area contributed by atoms with E-state index in [0.717, 1.165) is 22.0 Å². The zero-order valence-corrected chi connectivity index (χ0v) is 12.4. The van der Waals surface area contributed by atoms with Crippen LogP contribution in [0.2, 0.25) is 0 Å². The monoisotopic (exact) mass is 312 g/mol. The number of fused-ring (bicyclic) bond motifs is 1. The first-order chi connectivity index (χ1) is 11.1. The molecule has 0 aliphatic rings. The van der Waals surface area contributed by atoms with Gasteiger partial charge in [-0.05, 0) is 17.5 Å². The van der Waals surface area contributed by atoms with Gasteiger partial charge in [0.15, 0.2) is 0 Å². The highest BCUT2D eigenvalue weighted by molar-refractivity contribution is 5.93. The van der Waals surface area contributed by atoms with E-state index in [1.165, 1.54) is 0 Å². The fourth-order valence-corrected chi connectivity index (χ4v) is 2.09. The lowest BCUT2D eigenvalue weighted by Gasteiger charge is -2.07. The number of nitrogens with zero attached hydrogens (tertiary/aromatic N) is 3. The van der Waals surface area contributed by atoms with E-state index in [1.54, 1.807) is 13.2 Å². The van der Waals surface area contributed by atoms with Crippen LogP contribution in [0.5, 0.6) is 0 Å². The molecule has 0 saturated carbocycles. The lowest BCUT2D eigenvalue weighted by Crippen LogP contribution is -2.01. The van der Waals surface area contributed by atoms with Gasteiger partial charge in [0.2, 0.25) is 5.95 Å². The van der Waals surface area contributed by atoms with Gasteiger partial charge in [0.25, 0.3) is 6.47 Å². The van der Waals surface area contributed by atoms with Gasteiger partial charge in [0, 0.05) is 30.3 Å². The standard InChI is InChI=1S/C14H14N6.CH2O2/c1-17-12-7-11(19-14(16)20-12)9-3-2-8-4-5-18-13(15)10(8)6-9;2-1-3/h2-7H,1H3,(H2,15,18)(H3,16,17,19,20);1H,(H,2,3). The van der Waals surface area contributed by atoms with Crippen molar-refractivity contribution in [3.63, 3.8) is 0 Å². The Morgan fingerprint density at radius 1 is 1.17 bits per heavy atom. The molecule has 2 aromatic heterocycles. The Morgan fingerprint density at radius 2 is 1.91 bits per heavy atom. The number of hydrogen-bond acceptors (Lipinski definition) is 7. The molecule has 0 saturated heterocycles. The molecule has 0 aliphatic heterocycles. The summed E-state index contributed by atoms with van der Waals surface area (Å²) in [6.07, 6.45) is 1.69. The normalized spacial score (nSPS) is 9.78. The Bertz CT molecular complexity index is 837. The van der Waals surface area contributed by atoms with Crippen LogP contribution in [0.3, 0.4) is 0 Å². The Balaban J connectivity index is 0.000000595. The van der Waals surface area contributed by atoms with Crippen molar-refractivity contribution in [1.82, 2.24) is 15.0 Å². The fourth-order valence-electron chi connectivity index (χ4n) is 2.09. The molecule has 3 rings (SSSR count). The predicted octanol–water partition coefficient (Wildman–Crippen LogP) is 1.60. The van der Waals surface area contributed by atoms with Crippen molar-refractivity contribution in [2.75, 3.05) is 23.8 Å². The lowest BCUT2D eigenvalue weighted by atomic mass is 10.1. The number of pyridine rings is 1. The highest BCUT2D eigenvalue weighted by Gasteiger charge is 2.06. The van der Waals surface area contributed by atoms with Crippen molar-refractivity contribution < 1.29 is 9.90 Å². The van der Waals surface area contributed by atoms with E-state index in [2.05, 4.69) is 20.3 Å². The van der Waals surface area contributed by atoms with Gasteiger partial charge >= 0.3 is 0 Å². The summed E-state index contributed by atoms with van der Waals surface area (Å²) in [5.41, 5.74) is 13.3. The van der Waals surface area contributed by atoms with E-state index < -0.39 is 0 Å². The van der Waals surface area contributed by atoms with Crippen molar-refractivity contribution in [3.8, 4) is 11.3 Å². The molecule has 23 heavy (non-hydrogen) atoms. The van der Waals surface area contributed by atoms with Gasteiger partial charge in [-0.2, -0.15) is 4.98 Å². The van der Waals surface area contributed by atoms with Gasteiger partial charge in [-0.1, -0.05) is 12.1 Å². The number of carbonyl (C=O) groups is 1. The number of nitrogens with two attached hydrogens (primary N) is 2. The Labute approximate surface area is 132 Å². The summed E-state index contributed by atoms with van der Waals surface area (Å²) < 4.78 is 0. The fraction of sp³-hybridized carbons (Fsp3) is 0.0667. The summed E-state index contributed by atoms with van der Waals surface area (Å²) in [5.74, 6) is 1.40. The highest BCUT2D eigenvalue weighted by Crippen LogP contribution is 2.27. The molecule has 0 aliphatic carbocycles. The number of rotatable bonds is 2. The molecule has 0 spiro atoms. The van der Waals surface area contributed by atoms with Gasteiger partial charge in [0.1, 0.15) is 11.6 Å². The maximum atomic E-state index is 8.36. The molecule has 0 amide bonds. The average molecular weight is 312 g/mol. The maximum Gasteiger partial charge on any atom is 0.290 e. The smallest absolute Gasteiger partial charge is 0.290 e. The van der Waals surface area contributed by atoms with E-state index in [9.17, 15) is 0 Å². The second kappa shape index (κ2) is 7.03. The van der Waals surface area contributed by atoms with Gasteiger partial charge < -0.3 is 21.9 Å². The summed E-state index contributed by atoms with van der Waals surface area (Å²) in [7, 11) is 1.79. The van der Waals surface area contributed by atoms with Crippen molar-refractivity contribution in [2.45, 2.75) is 0 Å². The van der Waals surface area contributed by atoms with Gasteiger partial charge in [0.05, 0.1) is 5.69 Å². The molecule has 0 bridgehead atoms. The zero-order chi connectivity index (χ0) is 16.8. The van der Waals surface area contributed by atoms with Crippen LogP contribution in [-0.4, -0.2) is 33.6 Å². The first-order valence-corrected chi connectivity index (χ1v) is 6.63. The molecule has 1 aromatic carbocycles. The van der Waals surface area contributed by atoms with Crippen molar-refractivity contribution >= 4 is 34.8 Å². The molecule has 2 heterocycles. The van der Waals surface area contributed by atoms with Crippen molar-refractivity contribution in [3.05, 3.63) is 36.5 Å². The average Bonchev–Trinajstić information content (AvgIpc) is 2.55. The molecular formula is C15H16N6O2. The molecule has 3 aromatic rings. The first kappa shape index (κ1) is 16.0. The molecule has 0 fully saturated rings. The quantitative estimate of drug-likeness (QED) is 0.523. The van der Waals surface area contributed by atoms with E-state index >= 15 is 0 Å². The Kier molecular flexibility index (Phi) is 4.88. The van der Waals surface area contributed by atoms with Gasteiger partial charge in [-0.25, -0.2) is 9.97 Å². The van der Waals surface area contributed by atoms with Crippen LogP contribution < -0.4 is 16.8 Å². The Hall–Kier alpha value is -3.42.